The van der Waals surface area contributed by atoms with Crippen molar-refractivity contribution in [3.63, 3.8) is 0 Å². The summed E-state index contributed by atoms with van der Waals surface area (Å²) < 4.78 is 0. The first kappa shape index (κ1) is 10.8. The summed E-state index contributed by atoms with van der Waals surface area (Å²) in [5.74, 6) is -2.76. The van der Waals surface area contributed by atoms with Gasteiger partial charge < -0.3 is 31.9 Å². The van der Waals surface area contributed by atoms with Crippen LogP contribution in [0.5, 0.6) is 0 Å². The van der Waals surface area contributed by atoms with Crippen LogP contribution in [0.2, 0.25) is 0 Å². The van der Waals surface area contributed by atoms with Gasteiger partial charge in [-0.15, -0.1) is 0 Å². The van der Waals surface area contributed by atoms with Gasteiger partial charge in [0.15, 0.2) is 0 Å². The SMILES string of the molecule is CC(N)C(N)C(O)(O)C(O)O. The van der Waals surface area contributed by atoms with Crippen LogP contribution < -0.4 is 11.5 Å². The van der Waals surface area contributed by atoms with Crippen LogP contribution in [0.3, 0.4) is 0 Å². The summed E-state index contributed by atoms with van der Waals surface area (Å²) in [5.41, 5.74) is 10.3. The highest BCUT2D eigenvalue weighted by Gasteiger charge is 2.40. The van der Waals surface area contributed by atoms with E-state index in [0.29, 0.717) is 0 Å². The minimum Gasteiger partial charge on any atom is -0.364 e. The molecule has 8 N–H and O–H groups in total. The maximum Gasteiger partial charge on any atom is 0.232 e. The van der Waals surface area contributed by atoms with Crippen LogP contribution in [0, 0.1) is 0 Å². The third-order valence-corrected chi connectivity index (χ3v) is 1.44. The second kappa shape index (κ2) is 3.44. The summed E-state index contributed by atoms with van der Waals surface area (Å²) in [6.07, 6.45) is -2.32. The standard InChI is InChI=1S/C5H14N2O4/c1-2(6)3(7)5(10,11)4(8)9/h2-4,8-11H,6-7H2,1H3. The third kappa shape index (κ3) is 2.37. The second-order valence-electron chi connectivity index (χ2n) is 2.54. The predicted octanol–water partition coefficient (Wildman–Crippen LogP) is -3.35. The second-order valence-corrected chi connectivity index (χ2v) is 2.54. The fourth-order valence-electron chi connectivity index (χ4n) is 0.559. The monoisotopic (exact) mass is 166 g/mol. The maximum atomic E-state index is 8.88. The summed E-state index contributed by atoms with van der Waals surface area (Å²) in [4.78, 5) is 0. The van der Waals surface area contributed by atoms with E-state index < -0.39 is 24.2 Å². The Balaban J connectivity index is 4.29. The molecular formula is C5H14N2O4. The molecule has 6 heteroatoms. The van der Waals surface area contributed by atoms with Crippen molar-refractivity contribution in [3.05, 3.63) is 0 Å². The molecule has 0 amide bonds. The molecule has 0 saturated carbocycles. The van der Waals surface area contributed by atoms with E-state index >= 15 is 0 Å². The smallest absolute Gasteiger partial charge is 0.232 e. The van der Waals surface area contributed by atoms with E-state index in [1.807, 2.05) is 0 Å². The minimum atomic E-state index is -2.76. The molecule has 68 valence electrons. The quantitative estimate of drug-likeness (QED) is 0.243. The van der Waals surface area contributed by atoms with Gasteiger partial charge in [-0.25, -0.2) is 0 Å². The average molecular weight is 166 g/mol. The molecule has 0 spiro atoms. The Bertz CT molecular complexity index is 126. The van der Waals surface area contributed by atoms with Crippen molar-refractivity contribution in [2.75, 3.05) is 0 Å². The Kier molecular flexibility index (Phi) is 3.36. The fourth-order valence-corrected chi connectivity index (χ4v) is 0.559. The Labute approximate surface area is 64.1 Å². The number of aliphatic hydroxyl groups is 4. The van der Waals surface area contributed by atoms with E-state index in [-0.39, 0.29) is 0 Å². The lowest BCUT2D eigenvalue weighted by atomic mass is 10.0. The van der Waals surface area contributed by atoms with Crippen LogP contribution in [0.1, 0.15) is 6.92 Å². The zero-order valence-corrected chi connectivity index (χ0v) is 6.18. The molecule has 0 bridgehead atoms. The zero-order chi connectivity index (χ0) is 9.23. The van der Waals surface area contributed by atoms with E-state index in [1.54, 1.807) is 0 Å². The third-order valence-electron chi connectivity index (χ3n) is 1.44. The Morgan fingerprint density at radius 1 is 1.18 bits per heavy atom. The van der Waals surface area contributed by atoms with Crippen molar-refractivity contribution < 1.29 is 20.4 Å². The van der Waals surface area contributed by atoms with Gasteiger partial charge in [0.05, 0.1) is 6.04 Å². The Hall–Kier alpha value is -0.240. The molecule has 11 heavy (non-hydrogen) atoms. The molecule has 2 atom stereocenters. The maximum absolute atomic E-state index is 8.88. The lowest BCUT2D eigenvalue weighted by Crippen LogP contribution is -2.62. The van der Waals surface area contributed by atoms with E-state index in [2.05, 4.69) is 0 Å². The number of hydrogen-bond acceptors (Lipinski definition) is 6. The number of nitrogens with two attached hydrogens (primary N) is 2. The van der Waals surface area contributed by atoms with Gasteiger partial charge >= 0.3 is 0 Å². The van der Waals surface area contributed by atoms with Crippen molar-refractivity contribution >= 4 is 0 Å². The van der Waals surface area contributed by atoms with Crippen LogP contribution in [-0.2, 0) is 0 Å². The summed E-state index contributed by atoms with van der Waals surface area (Å²) in [5, 5.41) is 34.6. The number of hydrogen-bond donors (Lipinski definition) is 6. The molecule has 0 aliphatic rings. The predicted molar refractivity (Wildman–Crippen MR) is 37.0 cm³/mol. The van der Waals surface area contributed by atoms with E-state index in [4.69, 9.17) is 31.9 Å². The van der Waals surface area contributed by atoms with Crippen LogP contribution >= 0.6 is 0 Å². The van der Waals surface area contributed by atoms with Crippen molar-refractivity contribution in [1.29, 1.82) is 0 Å². The van der Waals surface area contributed by atoms with Gasteiger partial charge in [0.25, 0.3) is 0 Å². The van der Waals surface area contributed by atoms with E-state index in [9.17, 15) is 0 Å². The molecule has 2 unspecified atom stereocenters. The molecule has 0 aromatic carbocycles. The molecule has 0 aromatic rings. The van der Waals surface area contributed by atoms with Gasteiger partial charge in [0.1, 0.15) is 0 Å². The first-order valence-corrected chi connectivity index (χ1v) is 3.12. The zero-order valence-electron chi connectivity index (χ0n) is 6.18. The number of rotatable bonds is 3. The molecule has 0 heterocycles. The van der Waals surface area contributed by atoms with Gasteiger partial charge in [0, 0.05) is 6.04 Å². The van der Waals surface area contributed by atoms with E-state index in [0.717, 1.165) is 0 Å². The van der Waals surface area contributed by atoms with Gasteiger partial charge in [-0.2, -0.15) is 0 Å². The van der Waals surface area contributed by atoms with Crippen molar-refractivity contribution in [2.24, 2.45) is 11.5 Å². The first-order chi connectivity index (χ1) is 4.80. The Morgan fingerprint density at radius 3 is 1.64 bits per heavy atom. The molecule has 0 aliphatic heterocycles. The summed E-state index contributed by atoms with van der Waals surface area (Å²) in [6, 6.07) is -2.05. The lowest BCUT2D eigenvalue weighted by molar-refractivity contribution is -0.299. The van der Waals surface area contributed by atoms with E-state index in [1.165, 1.54) is 6.92 Å². The summed E-state index contributed by atoms with van der Waals surface area (Å²) in [7, 11) is 0. The van der Waals surface area contributed by atoms with Crippen LogP contribution in [0.25, 0.3) is 0 Å². The molecule has 0 aromatic heterocycles. The van der Waals surface area contributed by atoms with Crippen molar-refractivity contribution in [2.45, 2.75) is 31.1 Å². The highest BCUT2D eigenvalue weighted by molar-refractivity contribution is 4.86. The molecule has 0 rings (SSSR count). The fraction of sp³-hybridized carbons (Fsp3) is 1.00. The average Bonchev–Trinajstić information content (AvgIpc) is 1.85. The first-order valence-electron chi connectivity index (χ1n) is 3.12. The van der Waals surface area contributed by atoms with Crippen LogP contribution in [-0.4, -0.2) is 44.6 Å². The van der Waals surface area contributed by atoms with Gasteiger partial charge in [-0.3, -0.25) is 0 Å². The van der Waals surface area contributed by atoms with Crippen molar-refractivity contribution in [1.82, 2.24) is 0 Å². The molecule has 6 nitrogen and oxygen atoms in total. The minimum absolute atomic E-state index is 0.744. The molecular weight excluding hydrogens is 152 g/mol. The lowest BCUT2D eigenvalue weighted by Gasteiger charge is -2.31. The summed E-state index contributed by atoms with van der Waals surface area (Å²) >= 11 is 0. The largest absolute Gasteiger partial charge is 0.364 e. The van der Waals surface area contributed by atoms with Crippen LogP contribution in [0.4, 0.5) is 0 Å². The van der Waals surface area contributed by atoms with Gasteiger partial charge in [-0.1, -0.05) is 0 Å². The van der Waals surface area contributed by atoms with Crippen molar-refractivity contribution in [3.8, 4) is 0 Å². The summed E-state index contributed by atoms with van der Waals surface area (Å²) in [6.45, 7) is 1.42. The van der Waals surface area contributed by atoms with Gasteiger partial charge in [0.2, 0.25) is 12.1 Å². The van der Waals surface area contributed by atoms with Gasteiger partial charge in [-0.05, 0) is 6.92 Å². The highest BCUT2D eigenvalue weighted by Crippen LogP contribution is 2.10. The van der Waals surface area contributed by atoms with Crippen LogP contribution in [0.15, 0.2) is 0 Å². The number of aliphatic hydroxyl groups excluding tert-OH is 1. The molecule has 0 aliphatic carbocycles. The molecule has 0 radical (unpaired) electrons. The molecule has 0 saturated heterocycles. The Morgan fingerprint density at radius 2 is 1.55 bits per heavy atom. The normalized spacial score (nSPS) is 18.5. The highest BCUT2D eigenvalue weighted by atomic mass is 16.6. The molecule has 0 fully saturated rings. The topological polar surface area (TPSA) is 133 Å².